The first-order chi connectivity index (χ1) is 7.13. The van der Waals surface area contributed by atoms with Crippen molar-refractivity contribution >= 4 is 0 Å². The van der Waals surface area contributed by atoms with E-state index < -0.39 is 0 Å². The lowest BCUT2D eigenvalue weighted by molar-refractivity contribution is 0.0747. The number of nitrogens with one attached hydrogen (secondary N) is 1. The maximum absolute atomic E-state index is 5.33. The van der Waals surface area contributed by atoms with E-state index in [9.17, 15) is 0 Å². The molecule has 1 fully saturated rings. The summed E-state index contributed by atoms with van der Waals surface area (Å²) in [5.41, 5.74) is 0. The summed E-state index contributed by atoms with van der Waals surface area (Å²) in [6, 6.07) is 0.636. The minimum absolute atomic E-state index is 0.343. The molecular formula is C12H26N2O. The molecule has 2 atom stereocenters. The Balaban J connectivity index is 2.42. The van der Waals surface area contributed by atoms with Gasteiger partial charge >= 0.3 is 0 Å². The van der Waals surface area contributed by atoms with Crippen LogP contribution in [-0.2, 0) is 4.74 Å². The first kappa shape index (κ1) is 12.9. The van der Waals surface area contributed by atoms with Crippen LogP contribution in [0.4, 0.5) is 0 Å². The highest BCUT2D eigenvalue weighted by Crippen LogP contribution is 2.09. The van der Waals surface area contributed by atoms with Crippen LogP contribution in [0.25, 0.3) is 0 Å². The number of nitrogens with zero attached hydrogens (tertiary/aromatic N) is 1. The van der Waals surface area contributed by atoms with Gasteiger partial charge in [0.2, 0.25) is 0 Å². The van der Waals surface area contributed by atoms with Crippen molar-refractivity contribution in [1.82, 2.24) is 10.2 Å². The van der Waals surface area contributed by atoms with Crippen molar-refractivity contribution in [3.05, 3.63) is 0 Å². The lowest BCUT2D eigenvalue weighted by Crippen LogP contribution is -2.43. The second-order valence-electron chi connectivity index (χ2n) is 4.96. The average molecular weight is 214 g/mol. The van der Waals surface area contributed by atoms with E-state index in [0.29, 0.717) is 18.1 Å². The van der Waals surface area contributed by atoms with E-state index in [0.717, 1.165) is 19.6 Å². The Morgan fingerprint density at radius 3 is 2.73 bits per heavy atom. The summed E-state index contributed by atoms with van der Waals surface area (Å²) < 4.78 is 5.33. The quantitative estimate of drug-likeness (QED) is 0.764. The van der Waals surface area contributed by atoms with Gasteiger partial charge in [-0.3, -0.25) is 4.90 Å². The van der Waals surface area contributed by atoms with E-state index in [1.54, 1.807) is 7.11 Å². The molecule has 1 aliphatic rings. The van der Waals surface area contributed by atoms with Gasteiger partial charge in [-0.15, -0.1) is 0 Å². The monoisotopic (exact) mass is 214 g/mol. The number of hydrogen-bond acceptors (Lipinski definition) is 3. The molecule has 0 aromatic rings. The van der Waals surface area contributed by atoms with E-state index >= 15 is 0 Å². The number of rotatable bonds is 4. The first-order valence-corrected chi connectivity index (χ1v) is 6.12. The van der Waals surface area contributed by atoms with Gasteiger partial charge in [0, 0.05) is 26.2 Å². The van der Waals surface area contributed by atoms with Crippen molar-refractivity contribution in [3.8, 4) is 0 Å². The molecule has 0 spiro atoms. The van der Waals surface area contributed by atoms with Crippen LogP contribution < -0.4 is 5.32 Å². The van der Waals surface area contributed by atoms with Crippen LogP contribution in [0, 0.1) is 5.92 Å². The Morgan fingerprint density at radius 1 is 1.40 bits per heavy atom. The molecule has 0 aromatic heterocycles. The second kappa shape index (κ2) is 6.46. The minimum atomic E-state index is 0.343. The highest BCUT2D eigenvalue weighted by molar-refractivity contribution is 4.79. The van der Waals surface area contributed by atoms with Crippen molar-refractivity contribution in [2.24, 2.45) is 5.92 Å². The molecule has 1 N–H and O–H groups in total. The van der Waals surface area contributed by atoms with Crippen LogP contribution in [-0.4, -0.2) is 50.3 Å². The zero-order valence-electron chi connectivity index (χ0n) is 10.6. The highest BCUT2D eigenvalue weighted by atomic mass is 16.5. The molecule has 0 aliphatic carbocycles. The van der Waals surface area contributed by atoms with Crippen LogP contribution in [0.5, 0.6) is 0 Å². The predicted molar refractivity (Wildman–Crippen MR) is 64.2 cm³/mol. The summed E-state index contributed by atoms with van der Waals surface area (Å²) >= 11 is 0. The summed E-state index contributed by atoms with van der Waals surface area (Å²) in [6.45, 7) is 11.3. The summed E-state index contributed by atoms with van der Waals surface area (Å²) in [5.74, 6) is 0.712. The summed E-state index contributed by atoms with van der Waals surface area (Å²) in [7, 11) is 1.79. The highest BCUT2D eigenvalue weighted by Gasteiger charge is 2.20. The van der Waals surface area contributed by atoms with E-state index in [1.165, 1.54) is 13.0 Å². The Morgan fingerprint density at radius 2 is 2.13 bits per heavy atom. The Hall–Kier alpha value is -0.120. The van der Waals surface area contributed by atoms with Gasteiger partial charge in [-0.1, -0.05) is 13.8 Å². The first-order valence-electron chi connectivity index (χ1n) is 6.12. The fourth-order valence-electron chi connectivity index (χ4n) is 2.07. The third kappa shape index (κ3) is 4.49. The number of ether oxygens (including phenoxy) is 1. The lowest BCUT2D eigenvalue weighted by atomic mass is 10.0. The molecule has 1 aliphatic heterocycles. The molecule has 3 nitrogen and oxygen atoms in total. The topological polar surface area (TPSA) is 24.5 Å². The third-order valence-electron chi connectivity index (χ3n) is 3.23. The molecular weight excluding hydrogens is 188 g/mol. The lowest BCUT2D eigenvalue weighted by Gasteiger charge is -2.28. The molecule has 0 saturated carbocycles. The molecule has 1 heterocycles. The molecule has 0 bridgehead atoms. The minimum Gasteiger partial charge on any atom is -0.380 e. The van der Waals surface area contributed by atoms with Crippen molar-refractivity contribution in [1.29, 1.82) is 0 Å². The van der Waals surface area contributed by atoms with E-state index in [2.05, 4.69) is 31.0 Å². The normalized spacial score (nSPS) is 26.6. The third-order valence-corrected chi connectivity index (χ3v) is 3.23. The van der Waals surface area contributed by atoms with Crippen LogP contribution >= 0.6 is 0 Å². The van der Waals surface area contributed by atoms with Crippen molar-refractivity contribution in [2.75, 3.05) is 33.3 Å². The fourth-order valence-corrected chi connectivity index (χ4v) is 2.07. The van der Waals surface area contributed by atoms with Gasteiger partial charge in [-0.2, -0.15) is 0 Å². The van der Waals surface area contributed by atoms with Gasteiger partial charge < -0.3 is 10.1 Å². The molecule has 15 heavy (non-hydrogen) atoms. The predicted octanol–water partition coefficient (Wildman–Crippen LogP) is 1.34. The van der Waals surface area contributed by atoms with E-state index in [1.807, 2.05) is 0 Å². The van der Waals surface area contributed by atoms with Crippen molar-refractivity contribution in [2.45, 2.75) is 39.3 Å². The fraction of sp³-hybridized carbons (Fsp3) is 1.00. The number of hydrogen-bond donors (Lipinski definition) is 1. The van der Waals surface area contributed by atoms with Gasteiger partial charge in [0.15, 0.2) is 0 Å². The molecule has 0 aromatic carbocycles. The molecule has 1 rings (SSSR count). The number of methoxy groups -OCH3 is 1. The van der Waals surface area contributed by atoms with Gasteiger partial charge in [-0.05, 0) is 32.4 Å². The van der Waals surface area contributed by atoms with Crippen LogP contribution in [0.2, 0.25) is 0 Å². The Bertz CT molecular complexity index is 173. The van der Waals surface area contributed by atoms with E-state index in [4.69, 9.17) is 4.74 Å². The summed E-state index contributed by atoms with van der Waals surface area (Å²) in [6.07, 6.45) is 1.59. The second-order valence-corrected chi connectivity index (χ2v) is 4.96. The largest absolute Gasteiger partial charge is 0.380 e. The molecule has 0 radical (unpaired) electrons. The summed E-state index contributed by atoms with van der Waals surface area (Å²) in [5, 5.41) is 3.62. The van der Waals surface area contributed by atoms with E-state index in [-0.39, 0.29) is 0 Å². The van der Waals surface area contributed by atoms with Crippen molar-refractivity contribution in [3.63, 3.8) is 0 Å². The molecule has 90 valence electrons. The van der Waals surface area contributed by atoms with Gasteiger partial charge in [0.05, 0.1) is 6.10 Å². The maximum Gasteiger partial charge on any atom is 0.0670 e. The molecule has 1 saturated heterocycles. The van der Waals surface area contributed by atoms with Crippen LogP contribution in [0.1, 0.15) is 27.2 Å². The zero-order chi connectivity index (χ0) is 11.3. The Labute approximate surface area is 94.2 Å². The molecule has 0 amide bonds. The van der Waals surface area contributed by atoms with Crippen molar-refractivity contribution < 1.29 is 4.74 Å². The van der Waals surface area contributed by atoms with Gasteiger partial charge in [0.1, 0.15) is 0 Å². The Kier molecular flexibility index (Phi) is 5.58. The standard InChI is InChI=1S/C12H26N2O/c1-10(2)12-9-14(7-5-6-13-12)8-11(3)15-4/h10-13H,5-9H2,1-4H3. The molecule has 2 unspecified atom stereocenters. The molecule has 3 heteroatoms. The van der Waals surface area contributed by atoms with Crippen LogP contribution in [0.15, 0.2) is 0 Å². The van der Waals surface area contributed by atoms with Gasteiger partial charge in [-0.25, -0.2) is 0 Å². The van der Waals surface area contributed by atoms with Gasteiger partial charge in [0.25, 0.3) is 0 Å². The smallest absolute Gasteiger partial charge is 0.0670 e. The van der Waals surface area contributed by atoms with Crippen LogP contribution in [0.3, 0.4) is 0 Å². The summed E-state index contributed by atoms with van der Waals surface area (Å²) in [4.78, 5) is 2.53. The zero-order valence-corrected chi connectivity index (χ0v) is 10.6. The maximum atomic E-state index is 5.33. The SMILES string of the molecule is COC(C)CN1CCCNC(C(C)C)C1. The average Bonchev–Trinajstić information content (AvgIpc) is 2.43.